The van der Waals surface area contributed by atoms with Gasteiger partial charge >= 0.3 is 18.2 Å². The van der Waals surface area contributed by atoms with Crippen molar-refractivity contribution in [3.63, 3.8) is 0 Å². The molecule has 1 aromatic rings. The van der Waals surface area contributed by atoms with Crippen molar-refractivity contribution in [1.82, 2.24) is 9.80 Å². The molecule has 0 spiro atoms. The number of ether oxygens (including phenoxy) is 1. The number of amides is 2. The molecule has 1 aliphatic rings. The van der Waals surface area contributed by atoms with Crippen LogP contribution in [0.5, 0.6) is 5.75 Å². The monoisotopic (exact) mass is 504 g/mol. The second kappa shape index (κ2) is 11.4. The number of methoxy groups -OCH3 is 1. The highest BCUT2D eigenvalue weighted by atomic mass is 28.4. The van der Waals surface area contributed by atoms with E-state index >= 15 is 0 Å². The Morgan fingerprint density at radius 3 is 2.15 bits per heavy atom. The summed E-state index contributed by atoms with van der Waals surface area (Å²) in [5.74, 6) is -1.45. The van der Waals surface area contributed by atoms with E-state index in [1.165, 1.54) is 7.11 Å². The smallest absolute Gasteiger partial charge is 0.471 e. The van der Waals surface area contributed by atoms with Crippen molar-refractivity contribution < 1.29 is 37.0 Å². The zero-order valence-electron chi connectivity index (χ0n) is 20.4. The summed E-state index contributed by atoms with van der Waals surface area (Å²) in [6.45, 7) is 7.37. The van der Waals surface area contributed by atoms with Gasteiger partial charge in [0.05, 0.1) is 25.8 Å². The lowest BCUT2D eigenvalue weighted by atomic mass is 10.0. The van der Waals surface area contributed by atoms with Gasteiger partial charge < -0.3 is 19.2 Å². The average Bonchev–Trinajstić information content (AvgIpc) is 3.14. The minimum atomic E-state index is -5.09. The van der Waals surface area contributed by atoms with Crippen molar-refractivity contribution in [2.45, 2.75) is 83.1 Å². The summed E-state index contributed by atoms with van der Waals surface area (Å²) in [6.07, 6.45) is -6.23. The first kappa shape index (κ1) is 28.0. The van der Waals surface area contributed by atoms with Gasteiger partial charge in [0.15, 0.2) is 8.32 Å². The Morgan fingerprint density at radius 2 is 1.71 bits per heavy atom. The number of carboxylic acid groups (broad SMARTS) is 1. The molecule has 0 aromatic heterocycles. The maximum atomic E-state index is 13.6. The topological polar surface area (TPSA) is 79.3 Å². The zero-order chi connectivity index (χ0) is 25.7. The molecule has 3 atom stereocenters. The summed E-state index contributed by atoms with van der Waals surface area (Å²) in [5, 5.41) is 9.84. The molecule has 2 amide bonds. The molecule has 2 rings (SSSR count). The molecule has 0 saturated carbocycles. The molecular weight excluding hydrogens is 469 g/mol. The van der Waals surface area contributed by atoms with Crippen LogP contribution in [-0.4, -0.2) is 73.2 Å². The second-order valence-corrected chi connectivity index (χ2v) is 13.5. The maximum Gasteiger partial charge on any atom is 0.471 e. The molecular formula is C23H35F3N2O5Si. The Bertz CT molecular complexity index is 825. The van der Waals surface area contributed by atoms with E-state index in [1.807, 2.05) is 20.8 Å². The molecule has 0 bridgehead atoms. The van der Waals surface area contributed by atoms with Crippen LogP contribution < -0.4 is 4.74 Å². The van der Waals surface area contributed by atoms with E-state index in [0.717, 1.165) is 27.9 Å². The van der Waals surface area contributed by atoms with Crippen LogP contribution >= 0.6 is 0 Å². The van der Waals surface area contributed by atoms with Crippen LogP contribution in [0.25, 0.3) is 0 Å². The van der Waals surface area contributed by atoms with E-state index in [0.29, 0.717) is 11.3 Å². The Kier molecular flexibility index (Phi) is 9.41. The molecule has 1 saturated heterocycles. The third-order valence-electron chi connectivity index (χ3n) is 6.99. The number of likely N-dealkylation sites (tertiary alicyclic amines) is 1. The molecule has 34 heavy (non-hydrogen) atoms. The standard InChI is InChI=1S/C23H35F3N2O5Si/c1-6-34(7-2,8-3)33-15-20-19(13-16(4)28(20)22(30)31)27(21(29)23(24,25)26)14-17-9-11-18(32-5)12-10-17/h9-12,16,19-20H,6-8,13-15H2,1-5H3,(H,30,31)/t16-,19+,20+/m1/s1. The third-order valence-corrected chi connectivity index (χ3v) is 11.6. The van der Waals surface area contributed by atoms with Crippen LogP contribution in [0, 0.1) is 0 Å². The number of rotatable bonds is 10. The number of alkyl halides is 3. The molecule has 1 aromatic carbocycles. The summed E-state index contributed by atoms with van der Waals surface area (Å²) in [4.78, 5) is 26.5. The number of carbonyl (C=O) groups excluding carboxylic acids is 1. The highest BCUT2D eigenvalue weighted by Gasteiger charge is 2.52. The van der Waals surface area contributed by atoms with Crippen LogP contribution in [0.3, 0.4) is 0 Å². The van der Waals surface area contributed by atoms with E-state index in [2.05, 4.69) is 0 Å². The Labute approximate surface area is 199 Å². The zero-order valence-corrected chi connectivity index (χ0v) is 21.4. The van der Waals surface area contributed by atoms with Crippen molar-refractivity contribution in [2.24, 2.45) is 0 Å². The fourth-order valence-electron chi connectivity index (χ4n) is 4.74. The van der Waals surface area contributed by atoms with Gasteiger partial charge in [-0.1, -0.05) is 32.9 Å². The summed E-state index contributed by atoms with van der Waals surface area (Å²) in [6, 6.07) is 6.43. The molecule has 0 aliphatic carbocycles. The van der Waals surface area contributed by atoms with Gasteiger partial charge in [0, 0.05) is 12.6 Å². The number of carbonyl (C=O) groups is 2. The van der Waals surface area contributed by atoms with Crippen LogP contribution in [0.4, 0.5) is 18.0 Å². The van der Waals surface area contributed by atoms with Crippen molar-refractivity contribution >= 4 is 20.3 Å². The van der Waals surface area contributed by atoms with E-state index in [1.54, 1.807) is 31.2 Å². The second-order valence-electron chi connectivity index (χ2n) is 8.74. The largest absolute Gasteiger partial charge is 0.497 e. The number of nitrogens with zero attached hydrogens (tertiary/aromatic N) is 2. The molecule has 1 N–H and O–H groups in total. The summed E-state index contributed by atoms with van der Waals surface area (Å²) in [7, 11) is -0.665. The number of hydrogen-bond acceptors (Lipinski definition) is 4. The van der Waals surface area contributed by atoms with Crippen LogP contribution in [-0.2, 0) is 15.8 Å². The summed E-state index contributed by atoms with van der Waals surface area (Å²) < 4.78 is 52.3. The number of benzene rings is 1. The quantitative estimate of drug-likeness (QED) is 0.448. The number of hydrogen-bond donors (Lipinski definition) is 1. The Balaban J connectivity index is 2.44. The highest BCUT2D eigenvalue weighted by Crippen LogP contribution is 2.34. The number of halogens is 3. The molecule has 1 heterocycles. The fraction of sp³-hybridized carbons (Fsp3) is 0.652. The summed E-state index contributed by atoms with van der Waals surface area (Å²) >= 11 is 0. The van der Waals surface area contributed by atoms with Gasteiger partial charge in [-0.25, -0.2) is 4.79 Å². The van der Waals surface area contributed by atoms with Crippen molar-refractivity contribution in [3.8, 4) is 5.75 Å². The Hall–Kier alpha value is -2.27. The van der Waals surface area contributed by atoms with Gasteiger partial charge in [0.2, 0.25) is 0 Å². The molecule has 0 unspecified atom stereocenters. The van der Waals surface area contributed by atoms with Crippen molar-refractivity contribution in [2.75, 3.05) is 13.7 Å². The average molecular weight is 505 g/mol. The van der Waals surface area contributed by atoms with E-state index in [9.17, 15) is 27.9 Å². The molecule has 192 valence electrons. The van der Waals surface area contributed by atoms with Gasteiger partial charge in [-0.05, 0) is 49.2 Å². The summed E-state index contributed by atoms with van der Waals surface area (Å²) in [5.41, 5.74) is 0.485. The van der Waals surface area contributed by atoms with Gasteiger partial charge in [0.1, 0.15) is 5.75 Å². The normalized spacial score (nSPS) is 20.9. The van der Waals surface area contributed by atoms with E-state index < -0.39 is 44.6 Å². The van der Waals surface area contributed by atoms with Gasteiger partial charge in [-0.2, -0.15) is 13.2 Å². The van der Waals surface area contributed by atoms with Crippen LogP contribution in [0.2, 0.25) is 18.1 Å². The third kappa shape index (κ3) is 6.23. The Morgan fingerprint density at radius 1 is 1.15 bits per heavy atom. The first-order valence-corrected chi connectivity index (χ1v) is 14.1. The minimum Gasteiger partial charge on any atom is -0.497 e. The van der Waals surface area contributed by atoms with Crippen LogP contribution in [0.1, 0.15) is 39.7 Å². The lowest BCUT2D eigenvalue weighted by Crippen LogP contribution is -2.55. The predicted molar refractivity (Wildman–Crippen MR) is 124 cm³/mol. The minimum absolute atomic E-state index is 0.0344. The van der Waals surface area contributed by atoms with E-state index in [-0.39, 0.29) is 19.6 Å². The molecule has 11 heteroatoms. The van der Waals surface area contributed by atoms with E-state index in [4.69, 9.17) is 9.16 Å². The lowest BCUT2D eigenvalue weighted by Gasteiger charge is -2.37. The highest BCUT2D eigenvalue weighted by molar-refractivity contribution is 6.73. The predicted octanol–water partition coefficient (Wildman–Crippen LogP) is 5.12. The van der Waals surface area contributed by atoms with Gasteiger partial charge in [-0.3, -0.25) is 9.69 Å². The molecule has 1 aliphatic heterocycles. The van der Waals surface area contributed by atoms with Crippen molar-refractivity contribution in [3.05, 3.63) is 29.8 Å². The molecule has 1 fully saturated rings. The van der Waals surface area contributed by atoms with Gasteiger partial charge in [0.25, 0.3) is 0 Å². The SMILES string of the molecule is CC[Si](CC)(CC)OC[C@H]1[C@@H](N(Cc2ccc(OC)cc2)C(=O)C(F)(F)F)C[C@@H](C)N1C(=O)O. The maximum absolute atomic E-state index is 13.6. The lowest BCUT2D eigenvalue weighted by molar-refractivity contribution is -0.189. The van der Waals surface area contributed by atoms with Crippen LogP contribution in [0.15, 0.2) is 24.3 Å². The molecule has 7 nitrogen and oxygen atoms in total. The molecule has 0 radical (unpaired) electrons. The first-order chi connectivity index (χ1) is 15.9. The first-order valence-electron chi connectivity index (χ1n) is 11.6. The van der Waals surface area contributed by atoms with Gasteiger partial charge in [-0.15, -0.1) is 0 Å². The fourth-order valence-corrected chi connectivity index (χ4v) is 7.37. The van der Waals surface area contributed by atoms with Crippen molar-refractivity contribution in [1.29, 1.82) is 0 Å².